The van der Waals surface area contributed by atoms with E-state index in [9.17, 15) is 14.9 Å². The monoisotopic (exact) mass is 429 g/mol. The maximum atomic E-state index is 15.4. The highest BCUT2D eigenvalue weighted by Gasteiger charge is 2.43. The normalized spacial score (nSPS) is 17.1. The first kappa shape index (κ1) is 20.6. The van der Waals surface area contributed by atoms with Gasteiger partial charge in [-0.15, -0.1) is 0 Å². The van der Waals surface area contributed by atoms with Crippen molar-refractivity contribution in [3.63, 3.8) is 0 Å². The second-order valence-corrected chi connectivity index (χ2v) is 7.62. The van der Waals surface area contributed by atoms with Gasteiger partial charge in [-0.3, -0.25) is 14.9 Å². The van der Waals surface area contributed by atoms with Crippen molar-refractivity contribution in [3.8, 4) is 0 Å². The molecule has 1 aliphatic rings. The Bertz CT molecular complexity index is 863. The number of nitrogens with one attached hydrogen (secondary N) is 2. The molecule has 2 N–H and O–H groups in total. The molecule has 7 nitrogen and oxygen atoms in total. The van der Waals surface area contributed by atoms with Crippen LogP contribution in [0.1, 0.15) is 35.1 Å². The van der Waals surface area contributed by atoms with E-state index in [0.717, 1.165) is 6.07 Å². The average Bonchev–Trinajstić information content (AvgIpc) is 3.16. The molecule has 150 valence electrons. The molecule has 0 radical (unpaired) electrons. The number of carbonyl (C=O) groups excluding carboxylic acids is 1. The summed E-state index contributed by atoms with van der Waals surface area (Å²) in [5.41, 5.74) is -0.680. The van der Waals surface area contributed by atoms with Crippen LogP contribution in [0.15, 0.2) is 34.7 Å². The van der Waals surface area contributed by atoms with Crippen LogP contribution in [0, 0.1) is 15.5 Å². The van der Waals surface area contributed by atoms with Crippen LogP contribution in [-0.4, -0.2) is 30.5 Å². The van der Waals surface area contributed by atoms with Crippen molar-refractivity contribution in [3.05, 3.63) is 61.8 Å². The van der Waals surface area contributed by atoms with E-state index in [1.807, 2.05) is 0 Å². The Kier molecular flexibility index (Phi) is 6.22. The lowest BCUT2D eigenvalue weighted by molar-refractivity contribution is -0.402. The molecule has 0 aliphatic carbocycles. The van der Waals surface area contributed by atoms with Crippen LogP contribution >= 0.6 is 23.2 Å². The Balaban J connectivity index is 1.79. The Labute approximate surface area is 170 Å². The van der Waals surface area contributed by atoms with Crippen LogP contribution in [0.5, 0.6) is 0 Å². The first-order valence-electron chi connectivity index (χ1n) is 8.64. The minimum absolute atomic E-state index is 0.0350. The molecular weight excluding hydrogens is 412 g/mol. The quantitative estimate of drug-likeness (QED) is 0.526. The van der Waals surface area contributed by atoms with Gasteiger partial charge in [-0.1, -0.05) is 23.2 Å². The summed E-state index contributed by atoms with van der Waals surface area (Å²) in [6, 6.07) is 6.85. The fourth-order valence-corrected chi connectivity index (χ4v) is 3.89. The van der Waals surface area contributed by atoms with E-state index in [4.69, 9.17) is 27.6 Å². The van der Waals surface area contributed by atoms with Gasteiger partial charge < -0.3 is 15.1 Å². The fraction of sp³-hybridized carbons (Fsp3) is 0.389. The summed E-state index contributed by atoms with van der Waals surface area (Å²) < 4.78 is 20.5. The second-order valence-electron chi connectivity index (χ2n) is 6.75. The molecule has 1 amide bonds. The molecule has 1 saturated heterocycles. The lowest BCUT2D eigenvalue weighted by Crippen LogP contribution is -2.47. The molecule has 28 heavy (non-hydrogen) atoms. The molecular formula is C18H18Cl2FN3O4. The van der Waals surface area contributed by atoms with Gasteiger partial charge in [0.15, 0.2) is 6.17 Å². The van der Waals surface area contributed by atoms with Crippen LogP contribution in [-0.2, 0) is 0 Å². The summed E-state index contributed by atoms with van der Waals surface area (Å²) in [5.74, 6) is -1.06. The minimum atomic E-state index is -1.61. The third kappa shape index (κ3) is 4.45. The van der Waals surface area contributed by atoms with Gasteiger partial charge in [-0.05, 0) is 50.2 Å². The summed E-state index contributed by atoms with van der Waals surface area (Å²) in [5, 5.41) is 17.4. The number of carbonyl (C=O) groups is 1. The van der Waals surface area contributed by atoms with E-state index in [2.05, 4.69) is 10.6 Å². The van der Waals surface area contributed by atoms with Gasteiger partial charge in [0, 0.05) is 27.6 Å². The molecule has 2 aromatic rings. The third-order valence-electron chi connectivity index (χ3n) is 4.91. The molecule has 10 heteroatoms. The summed E-state index contributed by atoms with van der Waals surface area (Å²) in [6.45, 7) is 1.15. The van der Waals surface area contributed by atoms with Crippen molar-refractivity contribution in [2.45, 2.75) is 19.0 Å². The van der Waals surface area contributed by atoms with E-state index in [-0.39, 0.29) is 17.9 Å². The summed E-state index contributed by atoms with van der Waals surface area (Å²) >= 11 is 11.9. The number of furan rings is 1. The number of hydrogen-bond acceptors (Lipinski definition) is 5. The van der Waals surface area contributed by atoms with E-state index in [1.165, 1.54) is 24.3 Å². The number of hydrogen-bond donors (Lipinski definition) is 2. The zero-order chi connectivity index (χ0) is 20.3. The number of benzene rings is 1. The maximum absolute atomic E-state index is 15.4. The first-order chi connectivity index (χ1) is 13.3. The van der Waals surface area contributed by atoms with Crippen molar-refractivity contribution >= 4 is 35.0 Å². The number of nitrogens with zero attached hydrogens (tertiary/aromatic N) is 1. The van der Waals surface area contributed by atoms with E-state index in [1.54, 1.807) is 0 Å². The van der Waals surface area contributed by atoms with Crippen LogP contribution in [0.2, 0.25) is 10.0 Å². The topological polar surface area (TPSA) is 97.4 Å². The molecule has 1 aliphatic heterocycles. The molecule has 2 heterocycles. The highest BCUT2D eigenvalue weighted by Crippen LogP contribution is 2.45. The van der Waals surface area contributed by atoms with Crippen molar-refractivity contribution in [2.75, 3.05) is 19.6 Å². The molecule has 1 fully saturated rings. The van der Waals surface area contributed by atoms with Crippen molar-refractivity contribution < 1.29 is 18.5 Å². The molecule has 1 atom stereocenters. The molecule has 1 aromatic heterocycles. The minimum Gasteiger partial charge on any atom is -0.403 e. The number of rotatable bonds is 6. The zero-order valence-electron chi connectivity index (χ0n) is 14.7. The van der Waals surface area contributed by atoms with Gasteiger partial charge in [-0.2, -0.15) is 0 Å². The van der Waals surface area contributed by atoms with Crippen molar-refractivity contribution in [1.82, 2.24) is 10.6 Å². The lowest BCUT2D eigenvalue weighted by Gasteiger charge is -2.39. The molecule has 0 bridgehead atoms. The number of piperidine rings is 1. The van der Waals surface area contributed by atoms with Gasteiger partial charge in [0.05, 0.1) is 6.07 Å². The Hall–Kier alpha value is -2.16. The Morgan fingerprint density at radius 1 is 1.29 bits per heavy atom. The van der Waals surface area contributed by atoms with Crippen LogP contribution in [0.4, 0.5) is 10.3 Å². The van der Waals surface area contributed by atoms with E-state index < -0.39 is 28.3 Å². The second kappa shape index (κ2) is 8.46. The number of amides is 1. The molecule has 0 spiro atoms. The van der Waals surface area contributed by atoms with Gasteiger partial charge in [-0.25, -0.2) is 4.39 Å². The summed E-state index contributed by atoms with van der Waals surface area (Å²) in [7, 11) is 0. The first-order valence-corrected chi connectivity index (χ1v) is 9.39. The predicted molar refractivity (Wildman–Crippen MR) is 103 cm³/mol. The highest BCUT2D eigenvalue weighted by molar-refractivity contribution is 6.35. The fourth-order valence-electron chi connectivity index (χ4n) is 3.37. The predicted octanol–water partition coefficient (Wildman–Crippen LogP) is 4.31. The van der Waals surface area contributed by atoms with E-state index in [0.29, 0.717) is 36.0 Å². The van der Waals surface area contributed by atoms with E-state index >= 15 is 4.39 Å². The highest BCUT2D eigenvalue weighted by atomic mass is 35.5. The molecule has 1 unspecified atom stereocenters. The SMILES string of the molecule is O=C(NCC1(C(F)c2ccc([N+](=O)[O-])o2)CCNCC1)c1cc(Cl)cc(Cl)c1. The number of halogens is 3. The summed E-state index contributed by atoms with van der Waals surface area (Å²) in [4.78, 5) is 22.6. The zero-order valence-corrected chi connectivity index (χ0v) is 16.2. The number of alkyl halides is 1. The average molecular weight is 430 g/mol. The van der Waals surface area contributed by atoms with Gasteiger partial charge in [0.1, 0.15) is 10.7 Å². The van der Waals surface area contributed by atoms with Crippen LogP contribution in [0.25, 0.3) is 0 Å². The Morgan fingerprint density at radius 3 is 2.50 bits per heavy atom. The van der Waals surface area contributed by atoms with Gasteiger partial charge >= 0.3 is 5.88 Å². The maximum Gasteiger partial charge on any atom is 0.433 e. The molecule has 3 rings (SSSR count). The largest absolute Gasteiger partial charge is 0.433 e. The van der Waals surface area contributed by atoms with Gasteiger partial charge in [0.2, 0.25) is 0 Å². The van der Waals surface area contributed by atoms with Gasteiger partial charge in [0.25, 0.3) is 5.91 Å². The smallest absolute Gasteiger partial charge is 0.403 e. The summed E-state index contributed by atoms with van der Waals surface area (Å²) in [6.07, 6.45) is -0.745. The standard InChI is InChI=1S/C18H18Cl2FN3O4/c19-12-7-11(8-13(20)9-12)17(25)23-10-18(3-5-22-6-4-18)16(21)14-1-2-15(28-14)24(26)27/h1-2,7-9,16,22H,3-6,10H2,(H,23,25). The lowest BCUT2D eigenvalue weighted by atomic mass is 9.74. The molecule has 1 aromatic carbocycles. The number of nitro groups is 1. The van der Waals surface area contributed by atoms with Crippen LogP contribution < -0.4 is 10.6 Å². The third-order valence-corrected chi connectivity index (χ3v) is 5.34. The Morgan fingerprint density at radius 2 is 1.93 bits per heavy atom. The molecule has 0 saturated carbocycles. The van der Waals surface area contributed by atoms with Crippen molar-refractivity contribution in [1.29, 1.82) is 0 Å². The van der Waals surface area contributed by atoms with Crippen molar-refractivity contribution in [2.24, 2.45) is 5.41 Å². The van der Waals surface area contributed by atoms with Crippen LogP contribution in [0.3, 0.4) is 0 Å².